The molecule has 0 saturated heterocycles. The molecule has 0 fully saturated rings. The van der Waals surface area contributed by atoms with Crippen LogP contribution in [0.25, 0.3) is 22.4 Å². The van der Waals surface area contributed by atoms with Crippen LogP contribution >= 0.6 is 0 Å². The van der Waals surface area contributed by atoms with Gasteiger partial charge >= 0.3 is 0 Å². The normalized spacial score (nSPS) is 11.1. The van der Waals surface area contributed by atoms with Crippen LogP contribution in [-0.2, 0) is 13.7 Å². The molecule has 3 aromatic rings. The topological polar surface area (TPSA) is 38.0 Å². The first-order valence-corrected chi connectivity index (χ1v) is 6.02. The van der Waals surface area contributed by atoms with Gasteiger partial charge in [0.2, 0.25) is 0 Å². The summed E-state index contributed by atoms with van der Waals surface area (Å²) >= 11 is 0. The molecular formula is C15H13FN2O. The lowest BCUT2D eigenvalue weighted by Gasteiger charge is -2.03. The Kier molecular flexibility index (Phi) is 2.80. The van der Waals surface area contributed by atoms with Crippen molar-refractivity contribution < 1.29 is 9.50 Å². The van der Waals surface area contributed by atoms with E-state index in [4.69, 9.17) is 5.11 Å². The third-order valence-electron chi connectivity index (χ3n) is 3.26. The molecular weight excluding hydrogens is 243 g/mol. The van der Waals surface area contributed by atoms with Gasteiger partial charge in [0, 0.05) is 12.6 Å². The molecule has 0 amide bonds. The average molecular weight is 256 g/mol. The first kappa shape index (κ1) is 11.9. The second-order valence-electron chi connectivity index (χ2n) is 4.46. The Balaban J connectivity index is 2.19. The van der Waals surface area contributed by atoms with Crippen LogP contribution < -0.4 is 0 Å². The van der Waals surface area contributed by atoms with Gasteiger partial charge in [0.15, 0.2) is 5.82 Å². The van der Waals surface area contributed by atoms with Gasteiger partial charge in [-0.2, -0.15) is 0 Å². The van der Waals surface area contributed by atoms with Crippen molar-refractivity contribution in [1.29, 1.82) is 0 Å². The molecule has 0 radical (unpaired) electrons. The molecule has 1 aromatic heterocycles. The smallest absolute Gasteiger partial charge is 0.151 e. The largest absolute Gasteiger partial charge is 0.392 e. The van der Waals surface area contributed by atoms with Gasteiger partial charge in [0.05, 0.1) is 12.1 Å². The number of halogens is 1. The van der Waals surface area contributed by atoms with E-state index in [0.717, 1.165) is 16.6 Å². The van der Waals surface area contributed by atoms with E-state index in [1.165, 1.54) is 6.07 Å². The Hall–Kier alpha value is -2.20. The fourth-order valence-electron chi connectivity index (χ4n) is 2.20. The number of fused-ring (bicyclic) bond motifs is 1. The highest BCUT2D eigenvalue weighted by Crippen LogP contribution is 2.25. The molecule has 0 unspecified atom stereocenters. The number of para-hydroxylation sites is 1. The van der Waals surface area contributed by atoms with Crippen LogP contribution in [0.4, 0.5) is 4.39 Å². The van der Waals surface area contributed by atoms with E-state index in [1.807, 2.05) is 41.9 Å². The Morgan fingerprint density at radius 1 is 1.16 bits per heavy atom. The summed E-state index contributed by atoms with van der Waals surface area (Å²) in [5.41, 5.74) is 2.89. The maximum atomic E-state index is 13.7. The monoisotopic (exact) mass is 256 g/mol. The van der Waals surface area contributed by atoms with Crippen molar-refractivity contribution in [1.82, 2.24) is 9.55 Å². The van der Waals surface area contributed by atoms with Crippen LogP contribution in [0.2, 0.25) is 0 Å². The molecule has 1 heterocycles. The zero-order valence-corrected chi connectivity index (χ0v) is 10.5. The Morgan fingerprint density at radius 2 is 1.89 bits per heavy atom. The average Bonchev–Trinajstić information content (AvgIpc) is 2.78. The number of hydrogen-bond donors (Lipinski definition) is 1. The fraction of sp³-hybridized carbons (Fsp3) is 0.133. The third-order valence-corrected chi connectivity index (χ3v) is 3.26. The van der Waals surface area contributed by atoms with E-state index in [2.05, 4.69) is 4.98 Å². The summed E-state index contributed by atoms with van der Waals surface area (Å²) in [6.07, 6.45) is 0. The highest BCUT2D eigenvalue weighted by molar-refractivity contribution is 5.81. The van der Waals surface area contributed by atoms with Crippen LogP contribution in [0.1, 0.15) is 5.56 Å². The maximum Gasteiger partial charge on any atom is 0.151 e. The van der Waals surface area contributed by atoms with Crippen LogP contribution in [0.5, 0.6) is 0 Å². The minimum Gasteiger partial charge on any atom is -0.392 e. The highest BCUT2D eigenvalue weighted by atomic mass is 19.1. The first-order valence-electron chi connectivity index (χ1n) is 6.02. The lowest BCUT2D eigenvalue weighted by atomic mass is 10.1. The number of imidazole rings is 1. The number of rotatable bonds is 2. The second kappa shape index (κ2) is 4.48. The highest BCUT2D eigenvalue weighted by Gasteiger charge is 2.12. The SMILES string of the molecule is Cn1c(-c2ccc(CO)cc2)nc2c(F)cccc21. The standard InChI is InChI=1S/C15H13FN2O/c1-18-13-4-2-3-12(16)14(13)17-15(18)11-7-5-10(9-19)6-8-11/h2-8,19H,9H2,1H3. The van der Waals surface area contributed by atoms with Crippen LogP contribution in [-0.4, -0.2) is 14.7 Å². The molecule has 0 bridgehead atoms. The fourth-order valence-corrected chi connectivity index (χ4v) is 2.20. The minimum absolute atomic E-state index is 0.0114. The van der Waals surface area contributed by atoms with E-state index in [-0.39, 0.29) is 12.4 Å². The summed E-state index contributed by atoms with van der Waals surface area (Å²) in [5.74, 6) is 0.399. The van der Waals surface area contributed by atoms with Crippen molar-refractivity contribution >= 4 is 11.0 Å². The molecule has 0 aliphatic heterocycles. The summed E-state index contributed by atoms with van der Waals surface area (Å²) in [6, 6.07) is 12.4. The van der Waals surface area contributed by atoms with Gasteiger partial charge in [-0.3, -0.25) is 0 Å². The van der Waals surface area contributed by atoms with E-state index in [0.29, 0.717) is 11.3 Å². The van der Waals surface area contributed by atoms with Crippen molar-refractivity contribution in [3.05, 3.63) is 53.8 Å². The van der Waals surface area contributed by atoms with E-state index >= 15 is 0 Å². The summed E-state index contributed by atoms with van der Waals surface area (Å²) in [5, 5.41) is 9.03. The van der Waals surface area contributed by atoms with E-state index in [9.17, 15) is 4.39 Å². The zero-order valence-electron chi connectivity index (χ0n) is 10.5. The number of aromatic nitrogens is 2. The lowest BCUT2D eigenvalue weighted by Crippen LogP contribution is -1.92. The molecule has 19 heavy (non-hydrogen) atoms. The Bertz CT molecular complexity index is 732. The Labute approximate surface area is 109 Å². The van der Waals surface area contributed by atoms with E-state index < -0.39 is 0 Å². The lowest BCUT2D eigenvalue weighted by molar-refractivity contribution is 0.282. The van der Waals surface area contributed by atoms with E-state index in [1.54, 1.807) is 6.07 Å². The van der Waals surface area contributed by atoms with Gasteiger partial charge in [-0.1, -0.05) is 30.3 Å². The number of aliphatic hydroxyl groups is 1. The van der Waals surface area contributed by atoms with Gasteiger partial charge < -0.3 is 9.67 Å². The number of benzene rings is 2. The van der Waals surface area contributed by atoms with Gasteiger partial charge in [0.1, 0.15) is 11.3 Å². The number of aryl methyl sites for hydroxylation is 1. The number of aliphatic hydroxyl groups excluding tert-OH is 1. The molecule has 1 N–H and O–H groups in total. The van der Waals surface area contributed by atoms with Gasteiger partial charge in [-0.15, -0.1) is 0 Å². The third kappa shape index (κ3) is 1.90. The molecule has 0 saturated carbocycles. The molecule has 0 atom stereocenters. The quantitative estimate of drug-likeness (QED) is 0.765. The van der Waals surface area contributed by atoms with Crippen molar-refractivity contribution in [3.8, 4) is 11.4 Å². The predicted octanol–water partition coefficient (Wildman–Crippen LogP) is 2.87. The van der Waals surface area contributed by atoms with Crippen LogP contribution in [0, 0.1) is 5.82 Å². The van der Waals surface area contributed by atoms with Crippen molar-refractivity contribution in [2.75, 3.05) is 0 Å². The molecule has 4 heteroatoms. The van der Waals surface area contributed by atoms with Gasteiger partial charge in [0.25, 0.3) is 0 Å². The van der Waals surface area contributed by atoms with Crippen molar-refractivity contribution in [2.24, 2.45) is 7.05 Å². The second-order valence-corrected chi connectivity index (χ2v) is 4.46. The molecule has 3 rings (SSSR count). The predicted molar refractivity (Wildman–Crippen MR) is 72.0 cm³/mol. The molecule has 2 aromatic carbocycles. The number of nitrogens with zero attached hydrogens (tertiary/aromatic N) is 2. The van der Waals surface area contributed by atoms with Crippen molar-refractivity contribution in [2.45, 2.75) is 6.61 Å². The van der Waals surface area contributed by atoms with Crippen LogP contribution in [0.3, 0.4) is 0 Å². The zero-order chi connectivity index (χ0) is 13.4. The molecule has 0 aliphatic rings. The van der Waals surface area contributed by atoms with Gasteiger partial charge in [-0.25, -0.2) is 9.37 Å². The summed E-state index contributed by atoms with van der Waals surface area (Å²) in [4.78, 5) is 4.36. The number of hydrogen-bond acceptors (Lipinski definition) is 2. The molecule has 0 spiro atoms. The van der Waals surface area contributed by atoms with Gasteiger partial charge in [-0.05, 0) is 17.7 Å². The summed E-state index contributed by atoms with van der Waals surface area (Å²) in [7, 11) is 1.87. The Morgan fingerprint density at radius 3 is 2.53 bits per heavy atom. The first-order chi connectivity index (χ1) is 9.20. The molecule has 0 aliphatic carbocycles. The molecule has 96 valence electrons. The van der Waals surface area contributed by atoms with Crippen molar-refractivity contribution in [3.63, 3.8) is 0 Å². The summed E-state index contributed by atoms with van der Waals surface area (Å²) in [6.45, 7) is 0.0114. The van der Waals surface area contributed by atoms with Crippen LogP contribution in [0.15, 0.2) is 42.5 Å². The summed E-state index contributed by atoms with van der Waals surface area (Å²) < 4.78 is 15.6. The molecule has 3 nitrogen and oxygen atoms in total. The maximum absolute atomic E-state index is 13.7. The minimum atomic E-state index is -0.314.